The van der Waals surface area contributed by atoms with Gasteiger partial charge in [-0.05, 0) is 109 Å². The molecule has 0 aromatic rings. The number of rotatable bonds is 47. The molecule has 0 aliphatic rings. The van der Waals surface area contributed by atoms with Gasteiger partial charge in [0.05, 0.1) is 0 Å². The lowest BCUT2D eigenvalue weighted by Crippen LogP contribution is -2.30. The molecular weight excluding hydrogens is 781 g/mol. The smallest absolute Gasteiger partial charge is 0.306 e. The number of carbonyl (C=O) groups excluding carboxylic acids is 3. The summed E-state index contributed by atoms with van der Waals surface area (Å²) in [6.45, 7) is 6.52. The standard InChI is InChI=1S/C57H98O6/c1-4-7-10-13-16-19-22-24-26-28-30-32-35-38-41-44-47-50-56(59)62-53-54(52-61-55(58)49-46-43-40-37-34-21-18-15-12-9-6-3)63-57(60)51-48-45-42-39-36-33-31-29-27-25-23-20-17-14-11-8-5-2/h15-20,24-27,31,33,54H,4-14,21-23,28-30,32,34-53H2,1-3H3/b18-15-,19-16-,20-17-,26-24-,27-25-,33-31-/t54-/m0/s1. The molecule has 0 saturated heterocycles. The highest BCUT2D eigenvalue weighted by Crippen LogP contribution is 2.14. The predicted octanol–water partition coefficient (Wildman–Crippen LogP) is 17.4. The zero-order valence-corrected chi connectivity index (χ0v) is 41.3. The third kappa shape index (κ3) is 49.7. The van der Waals surface area contributed by atoms with Gasteiger partial charge in [0.15, 0.2) is 6.10 Å². The lowest BCUT2D eigenvalue weighted by atomic mass is 10.1. The van der Waals surface area contributed by atoms with Crippen LogP contribution >= 0.6 is 0 Å². The van der Waals surface area contributed by atoms with Crippen molar-refractivity contribution < 1.29 is 28.6 Å². The van der Waals surface area contributed by atoms with Crippen molar-refractivity contribution in [3.05, 3.63) is 72.9 Å². The van der Waals surface area contributed by atoms with Crippen LogP contribution in [-0.4, -0.2) is 37.2 Å². The molecule has 0 unspecified atom stereocenters. The number of esters is 3. The van der Waals surface area contributed by atoms with Crippen LogP contribution in [0.15, 0.2) is 72.9 Å². The van der Waals surface area contributed by atoms with E-state index >= 15 is 0 Å². The van der Waals surface area contributed by atoms with Crippen LogP contribution in [0, 0.1) is 0 Å². The molecule has 0 saturated carbocycles. The van der Waals surface area contributed by atoms with Crippen LogP contribution in [0.4, 0.5) is 0 Å². The molecule has 0 N–H and O–H groups in total. The van der Waals surface area contributed by atoms with Crippen molar-refractivity contribution in [3.8, 4) is 0 Å². The summed E-state index contributed by atoms with van der Waals surface area (Å²) in [5.74, 6) is -0.929. The lowest BCUT2D eigenvalue weighted by molar-refractivity contribution is -0.167. The molecule has 0 fully saturated rings. The molecule has 0 radical (unpaired) electrons. The lowest BCUT2D eigenvalue weighted by Gasteiger charge is -2.18. The van der Waals surface area contributed by atoms with E-state index in [0.717, 1.165) is 103 Å². The van der Waals surface area contributed by atoms with Crippen LogP contribution in [0.25, 0.3) is 0 Å². The van der Waals surface area contributed by atoms with Crippen LogP contribution in [-0.2, 0) is 28.6 Å². The van der Waals surface area contributed by atoms with E-state index in [1.54, 1.807) is 0 Å². The third-order valence-corrected chi connectivity index (χ3v) is 11.2. The fourth-order valence-electron chi connectivity index (χ4n) is 7.11. The van der Waals surface area contributed by atoms with E-state index in [1.807, 2.05) is 0 Å². The minimum absolute atomic E-state index is 0.0916. The molecule has 6 heteroatoms. The van der Waals surface area contributed by atoms with Gasteiger partial charge < -0.3 is 14.2 Å². The van der Waals surface area contributed by atoms with E-state index < -0.39 is 6.10 Å². The highest BCUT2D eigenvalue weighted by atomic mass is 16.6. The first-order valence-electron chi connectivity index (χ1n) is 26.4. The first-order valence-corrected chi connectivity index (χ1v) is 26.4. The van der Waals surface area contributed by atoms with Gasteiger partial charge >= 0.3 is 17.9 Å². The first-order chi connectivity index (χ1) is 31.0. The fraction of sp³-hybridized carbons (Fsp3) is 0.737. The van der Waals surface area contributed by atoms with E-state index in [2.05, 4.69) is 93.7 Å². The molecule has 0 amide bonds. The highest BCUT2D eigenvalue weighted by Gasteiger charge is 2.19. The summed E-state index contributed by atoms with van der Waals surface area (Å²) in [6.07, 6.45) is 64.5. The molecule has 1 atom stereocenters. The molecule has 0 spiro atoms. The second kappa shape index (κ2) is 51.5. The van der Waals surface area contributed by atoms with Crippen molar-refractivity contribution in [1.29, 1.82) is 0 Å². The van der Waals surface area contributed by atoms with Crippen LogP contribution in [0.2, 0.25) is 0 Å². The van der Waals surface area contributed by atoms with Crippen LogP contribution in [0.5, 0.6) is 0 Å². The van der Waals surface area contributed by atoms with Crippen molar-refractivity contribution in [2.24, 2.45) is 0 Å². The fourth-order valence-corrected chi connectivity index (χ4v) is 7.11. The Balaban J connectivity index is 4.42. The summed E-state index contributed by atoms with van der Waals surface area (Å²) in [5.41, 5.74) is 0. The number of carbonyl (C=O) groups is 3. The van der Waals surface area contributed by atoms with E-state index in [4.69, 9.17) is 14.2 Å². The normalized spacial score (nSPS) is 12.6. The summed E-state index contributed by atoms with van der Waals surface area (Å²) in [5, 5.41) is 0. The zero-order valence-electron chi connectivity index (χ0n) is 41.3. The Morgan fingerprint density at radius 1 is 0.317 bits per heavy atom. The summed E-state index contributed by atoms with van der Waals surface area (Å²) >= 11 is 0. The quantitative estimate of drug-likeness (QED) is 0.0262. The minimum Gasteiger partial charge on any atom is -0.462 e. The van der Waals surface area contributed by atoms with Gasteiger partial charge in [-0.25, -0.2) is 0 Å². The van der Waals surface area contributed by atoms with Gasteiger partial charge in [-0.2, -0.15) is 0 Å². The highest BCUT2D eigenvalue weighted by molar-refractivity contribution is 5.71. The average Bonchev–Trinajstić information content (AvgIpc) is 3.28. The number of allylic oxidation sites excluding steroid dienone is 12. The van der Waals surface area contributed by atoms with Gasteiger partial charge in [-0.1, -0.05) is 196 Å². The van der Waals surface area contributed by atoms with Crippen LogP contribution in [0.1, 0.15) is 252 Å². The Morgan fingerprint density at radius 2 is 0.587 bits per heavy atom. The molecular formula is C57H98O6. The van der Waals surface area contributed by atoms with E-state index in [9.17, 15) is 14.4 Å². The molecule has 0 aromatic carbocycles. The van der Waals surface area contributed by atoms with Gasteiger partial charge in [0, 0.05) is 19.3 Å². The molecule has 0 bridgehead atoms. The maximum absolute atomic E-state index is 12.8. The van der Waals surface area contributed by atoms with Crippen LogP contribution < -0.4 is 0 Å². The minimum atomic E-state index is -0.793. The number of hydrogen-bond donors (Lipinski definition) is 0. The van der Waals surface area contributed by atoms with E-state index in [-0.39, 0.29) is 31.1 Å². The third-order valence-electron chi connectivity index (χ3n) is 11.2. The van der Waals surface area contributed by atoms with Crippen molar-refractivity contribution in [2.45, 2.75) is 258 Å². The van der Waals surface area contributed by atoms with Gasteiger partial charge in [-0.15, -0.1) is 0 Å². The Hall–Kier alpha value is -3.15. The van der Waals surface area contributed by atoms with E-state index in [1.165, 1.54) is 109 Å². The summed E-state index contributed by atoms with van der Waals surface area (Å²) in [4.78, 5) is 38.0. The SMILES string of the molecule is CCCC/C=C\CCCCCCCC(=O)OC[C@@H](COC(=O)CCCCCCCCC/C=C\C/C=C\CCCCC)OC(=O)CCCCCC/C=C\C/C=C\C/C=C\CCCCC. The largest absolute Gasteiger partial charge is 0.462 e. The first kappa shape index (κ1) is 59.9. The van der Waals surface area contributed by atoms with Crippen molar-refractivity contribution in [2.75, 3.05) is 13.2 Å². The molecule has 362 valence electrons. The van der Waals surface area contributed by atoms with Gasteiger partial charge in [-0.3, -0.25) is 14.4 Å². The van der Waals surface area contributed by atoms with Crippen molar-refractivity contribution in [1.82, 2.24) is 0 Å². The van der Waals surface area contributed by atoms with Crippen LogP contribution in [0.3, 0.4) is 0 Å². The molecule has 0 aromatic heterocycles. The predicted molar refractivity (Wildman–Crippen MR) is 270 cm³/mol. The molecule has 0 rings (SSSR count). The van der Waals surface area contributed by atoms with Gasteiger partial charge in [0.2, 0.25) is 0 Å². The molecule has 0 heterocycles. The second-order valence-electron chi connectivity index (χ2n) is 17.4. The van der Waals surface area contributed by atoms with E-state index in [0.29, 0.717) is 19.3 Å². The summed E-state index contributed by atoms with van der Waals surface area (Å²) < 4.78 is 16.8. The number of unbranched alkanes of at least 4 members (excludes halogenated alkanes) is 24. The zero-order chi connectivity index (χ0) is 45.8. The Bertz CT molecular complexity index is 1190. The maximum atomic E-state index is 12.8. The second-order valence-corrected chi connectivity index (χ2v) is 17.4. The Kier molecular flexibility index (Phi) is 48.9. The van der Waals surface area contributed by atoms with Gasteiger partial charge in [0.25, 0.3) is 0 Å². The summed E-state index contributed by atoms with van der Waals surface area (Å²) in [7, 11) is 0. The molecule has 6 nitrogen and oxygen atoms in total. The molecule has 63 heavy (non-hydrogen) atoms. The number of hydrogen-bond acceptors (Lipinski definition) is 6. The Morgan fingerprint density at radius 3 is 0.952 bits per heavy atom. The topological polar surface area (TPSA) is 78.9 Å². The monoisotopic (exact) mass is 879 g/mol. The molecule has 0 aliphatic heterocycles. The van der Waals surface area contributed by atoms with Crippen molar-refractivity contribution in [3.63, 3.8) is 0 Å². The van der Waals surface area contributed by atoms with Crippen molar-refractivity contribution >= 4 is 17.9 Å². The average molecular weight is 879 g/mol. The number of ether oxygens (including phenoxy) is 3. The summed E-state index contributed by atoms with van der Waals surface area (Å²) in [6, 6.07) is 0. The van der Waals surface area contributed by atoms with Gasteiger partial charge in [0.1, 0.15) is 13.2 Å². The maximum Gasteiger partial charge on any atom is 0.306 e. The Labute approximate surface area is 389 Å². The molecule has 0 aliphatic carbocycles.